The number of nitrogens with zero attached hydrogens (tertiary/aromatic N) is 5. The van der Waals surface area contributed by atoms with E-state index < -0.39 is 0 Å². The number of amides is 2. The average molecular weight is 399 g/mol. The second-order valence-corrected chi connectivity index (χ2v) is 6.98. The molecule has 0 aliphatic carbocycles. The van der Waals surface area contributed by atoms with Crippen molar-refractivity contribution in [1.82, 2.24) is 24.2 Å². The molecule has 1 fully saturated rings. The maximum atomic E-state index is 12.4. The zero-order chi connectivity index (χ0) is 18.8. The molecule has 0 spiro atoms. The Morgan fingerprint density at radius 3 is 2.46 bits per heavy atom. The van der Waals surface area contributed by atoms with E-state index in [1.165, 1.54) is 4.68 Å². The summed E-state index contributed by atoms with van der Waals surface area (Å²) in [6, 6.07) is 2.88. The van der Waals surface area contributed by atoms with Crippen LogP contribution < -0.4 is 11.0 Å². The van der Waals surface area contributed by atoms with Gasteiger partial charge in [0.05, 0.1) is 0 Å². The van der Waals surface area contributed by atoms with Gasteiger partial charge in [-0.2, -0.15) is 5.10 Å². The van der Waals surface area contributed by atoms with Crippen LogP contribution in [0.2, 0.25) is 10.3 Å². The molecule has 2 aromatic heterocycles. The first-order valence-electron chi connectivity index (χ1n) is 8.41. The van der Waals surface area contributed by atoms with Gasteiger partial charge in [0.1, 0.15) is 16.1 Å². The van der Waals surface area contributed by atoms with E-state index in [1.54, 1.807) is 28.6 Å². The monoisotopic (exact) mass is 398 g/mol. The van der Waals surface area contributed by atoms with Crippen LogP contribution in [0.3, 0.4) is 0 Å². The lowest BCUT2D eigenvalue weighted by Gasteiger charge is -2.31. The van der Waals surface area contributed by atoms with Crippen molar-refractivity contribution < 1.29 is 4.79 Å². The largest absolute Gasteiger partial charge is 0.345 e. The fraction of sp³-hybridized carbons (Fsp3) is 0.500. The first-order chi connectivity index (χ1) is 12.4. The maximum Gasteiger partial charge on any atom is 0.345 e. The van der Waals surface area contributed by atoms with Gasteiger partial charge in [0.2, 0.25) is 0 Å². The molecule has 3 heterocycles. The molecule has 0 bridgehead atoms. The van der Waals surface area contributed by atoms with E-state index in [0.29, 0.717) is 25.3 Å². The van der Waals surface area contributed by atoms with E-state index in [0.717, 1.165) is 18.7 Å². The Hall–Kier alpha value is -2.06. The van der Waals surface area contributed by atoms with Crippen molar-refractivity contribution >= 4 is 34.9 Å². The van der Waals surface area contributed by atoms with Crippen molar-refractivity contribution in [3.8, 4) is 0 Å². The molecule has 10 heteroatoms. The number of pyridine rings is 1. The molecule has 1 aliphatic rings. The van der Waals surface area contributed by atoms with E-state index >= 15 is 0 Å². The van der Waals surface area contributed by atoms with Crippen LogP contribution in [0.15, 0.2) is 16.9 Å². The lowest BCUT2D eigenvalue weighted by Crippen LogP contribution is -2.41. The number of hydrogen-bond donors (Lipinski definition) is 1. The fourth-order valence-corrected chi connectivity index (χ4v) is 3.66. The minimum atomic E-state index is -0.212. The van der Waals surface area contributed by atoms with Crippen LogP contribution in [0.25, 0.3) is 0 Å². The topological polar surface area (TPSA) is 85.1 Å². The quantitative estimate of drug-likeness (QED) is 0.805. The summed E-state index contributed by atoms with van der Waals surface area (Å²) < 4.78 is 3.07. The summed E-state index contributed by atoms with van der Waals surface area (Å²) in [6.07, 6.45) is 1.50. The lowest BCUT2D eigenvalue weighted by molar-refractivity contribution is 0.193. The Morgan fingerprint density at radius 1 is 1.27 bits per heavy atom. The van der Waals surface area contributed by atoms with Crippen LogP contribution in [0, 0.1) is 0 Å². The van der Waals surface area contributed by atoms with Gasteiger partial charge >= 0.3 is 11.7 Å². The Bertz CT molecular complexity index is 850. The van der Waals surface area contributed by atoms with E-state index in [9.17, 15) is 9.59 Å². The number of aryl methyl sites for hydroxylation is 1. The van der Waals surface area contributed by atoms with Crippen LogP contribution in [-0.4, -0.2) is 43.4 Å². The Balaban J connectivity index is 1.64. The van der Waals surface area contributed by atoms with Gasteiger partial charge in [-0.25, -0.2) is 19.3 Å². The number of halogens is 2. The number of carbonyl (C=O) groups excluding carboxylic acids is 1. The first kappa shape index (κ1) is 18.7. The Morgan fingerprint density at radius 2 is 1.88 bits per heavy atom. The highest BCUT2D eigenvalue weighted by molar-refractivity contribution is 6.32. The number of aromatic nitrogens is 4. The highest BCUT2D eigenvalue weighted by Gasteiger charge is 2.28. The second kappa shape index (κ2) is 7.67. The second-order valence-electron chi connectivity index (χ2n) is 6.20. The van der Waals surface area contributed by atoms with Gasteiger partial charge in [-0.05, 0) is 31.9 Å². The Labute approximate surface area is 160 Å². The zero-order valence-corrected chi connectivity index (χ0v) is 16.1. The minimum Gasteiger partial charge on any atom is -0.324 e. The predicted octanol–water partition coefficient (Wildman–Crippen LogP) is 2.72. The van der Waals surface area contributed by atoms with Crippen LogP contribution in [0.1, 0.15) is 31.5 Å². The summed E-state index contributed by atoms with van der Waals surface area (Å²) in [5.41, 5.74) is 0.404. The van der Waals surface area contributed by atoms with Gasteiger partial charge < -0.3 is 10.2 Å². The third-order valence-corrected chi connectivity index (χ3v) is 4.90. The van der Waals surface area contributed by atoms with Crippen LogP contribution in [0.4, 0.5) is 10.5 Å². The number of rotatable bonds is 3. The lowest BCUT2D eigenvalue weighted by atomic mass is 9.96. The standard InChI is InChI=1S/C16H20Cl2N6O2/c1-3-24-14(21-22(2)16(24)26)10-4-6-23(7-5-10)15(25)19-11-8-12(17)20-13(18)9-11/h8-10H,3-7H2,1-2H3,(H,19,20,25). The molecule has 26 heavy (non-hydrogen) atoms. The summed E-state index contributed by atoms with van der Waals surface area (Å²) in [4.78, 5) is 30.1. The number of anilines is 1. The molecule has 2 aromatic rings. The summed E-state index contributed by atoms with van der Waals surface area (Å²) in [7, 11) is 1.66. The molecule has 1 N–H and O–H groups in total. The predicted molar refractivity (Wildman–Crippen MR) is 100.0 cm³/mol. The highest BCUT2D eigenvalue weighted by atomic mass is 35.5. The molecular formula is C16H20Cl2N6O2. The van der Waals surface area contributed by atoms with E-state index in [-0.39, 0.29) is 27.9 Å². The molecule has 1 saturated heterocycles. The number of piperidine rings is 1. The van der Waals surface area contributed by atoms with E-state index in [2.05, 4.69) is 15.4 Å². The zero-order valence-electron chi connectivity index (χ0n) is 14.6. The third-order valence-electron chi connectivity index (χ3n) is 4.51. The molecule has 0 aromatic carbocycles. The smallest absolute Gasteiger partial charge is 0.324 e. The molecule has 0 unspecified atom stereocenters. The summed E-state index contributed by atoms with van der Waals surface area (Å²) in [5.74, 6) is 0.963. The number of carbonyl (C=O) groups is 1. The molecule has 1 aliphatic heterocycles. The van der Waals surface area contributed by atoms with Crippen LogP contribution >= 0.6 is 23.2 Å². The molecule has 3 rings (SSSR count). The van der Waals surface area contributed by atoms with E-state index in [4.69, 9.17) is 23.2 Å². The van der Waals surface area contributed by atoms with Crippen molar-refractivity contribution in [3.05, 3.63) is 38.7 Å². The van der Waals surface area contributed by atoms with Crippen molar-refractivity contribution in [3.63, 3.8) is 0 Å². The molecule has 8 nitrogen and oxygen atoms in total. The first-order valence-corrected chi connectivity index (χ1v) is 9.17. The molecule has 0 radical (unpaired) electrons. The van der Waals surface area contributed by atoms with Crippen molar-refractivity contribution in [1.29, 1.82) is 0 Å². The average Bonchev–Trinajstić information content (AvgIpc) is 2.88. The normalized spacial score (nSPS) is 15.3. The van der Waals surface area contributed by atoms with Gasteiger partial charge in [0, 0.05) is 38.3 Å². The van der Waals surface area contributed by atoms with Gasteiger partial charge in [0.15, 0.2) is 0 Å². The number of likely N-dealkylation sites (tertiary alicyclic amines) is 1. The fourth-order valence-electron chi connectivity index (χ4n) is 3.20. The number of nitrogens with one attached hydrogen (secondary N) is 1. The molecule has 0 atom stereocenters. The highest BCUT2D eigenvalue weighted by Crippen LogP contribution is 2.27. The van der Waals surface area contributed by atoms with Gasteiger partial charge in [0.25, 0.3) is 0 Å². The minimum absolute atomic E-state index is 0.103. The maximum absolute atomic E-state index is 12.4. The van der Waals surface area contributed by atoms with Crippen molar-refractivity contribution in [2.75, 3.05) is 18.4 Å². The summed E-state index contributed by atoms with van der Waals surface area (Å²) >= 11 is 11.7. The van der Waals surface area contributed by atoms with Gasteiger partial charge in [-0.1, -0.05) is 23.2 Å². The SMILES string of the molecule is CCn1c(C2CCN(C(=O)Nc3cc(Cl)nc(Cl)c3)CC2)nn(C)c1=O. The van der Waals surface area contributed by atoms with Gasteiger partial charge in [-0.3, -0.25) is 4.57 Å². The van der Waals surface area contributed by atoms with Crippen molar-refractivity contribution in [2.45, 2.75) is 32.2 Å². The number of hydrogen-bond acceptors (Lipinski definition) is 4. The van der Waals surface area contributed by atoms with E-state index in [1.807, 2.05) is 6.92 Å². The summed E-state index contributed by atoms with van der Waals surface area (Å²) in [5, 5.41) is 7.60. The molecule has 140 valence electrons. The third kappa shape index (κ3) is 3.86. The molecule has 2 amide bonds. The van der Waals surface area contributed by atoms with Crippen LogP contribution in [0.5, 0.6) is 0 Å². The molecular weight excluding hydrogens is 379 g/mol. The molecule has 0 saturated carbocycles. The van der Waals surface area contributed by atoms with Gasteiger partial charge in [-0.15, -0.1) is 0 Å². The number of urea groups is 1. The van der Waals surface area contributed by atoms with Crippen LogP contribution in [-0.2, 0) is 13.6 Å². The van der Waals surface area contributed by atoms with Crippen molar-refractivity contribution in [2.24, 2.45) is 7.05 Å². The summed E-state index contributed by atoms with van der Waals surface area (Å²) in [6.45, 7) is 3.68. The Kier molecular flexibility index (Phi) is 5.52.